The Hall–Kier alpha value is -1.88. The number of aromatic amines is 1. The van der Waals surface area contributed by atoms with Gasteiger partial charge in [0.15, 0.2) is 0 Å². The summed E-state index contributed by atoms with van der Waals surface area (Å²) >= 11 is 0. The number of amides is 1. The molecule has 0 aromatic carbocycles. The minimum atomic E-state index is 0.191. The lowest BCUT2D eigenvalue weighted by molar-refractivity contribution is -0.133. The van der Waals surface area contributed by atoms with Crippen LogP contribution in [0.25, 0.3) is 11.0 Å². The standard InChI is InChI=1S/C16H21N3O2/c1-21-9-6-15(20)19-8-3-5-13(11-19)14-10-12-4-2-7-17-16(12)18-14/h2,4,7,10,13H,3,5-6,8-9,11H2,1H3,(H,17,18). The number of pyridine rings is 1. The van der Waals surface area contributed by atoms with Gasteiger partial charge in [-0.15, -0.1) is 0 Å². The van der Waals surface area contributed by atoms with E-state index in [1.54, 1.807) is 13.3 Å². The summed E-state index contributed by atoms with van der Waals surface area (Å²) in [5, 5.41) is 1.13. The van der Waals surface area contributed by atoms with Crippen molar-refractivity contribution < 1.29 is 9.53 Å². The molecule has 112 valence electrons. The average molecular weight is 287 g/mol. The Morgan fingerprint density at radius 1 is 1.57 bits per heavy atom. The van der Waals surface area contributed by atoms with Gasteiger partial charge < -0.3 is 14.6 Å². The predicted molar refractivity (Wildman–Crippen MR) is 81.1 cm³/mol. The van der Waals surface area contributed by atoms with Crippen molar-refractivity contribution >= 4 is 16.9 Å². The number of H-pyrrole nitrogens is 1. The van der Waals surface area contributed by atoms with Gasteiger partial charge in [0.1, 0.15) is 5.65 Å². The average Bonchev–Trinajstić information content (AvgIpc) is 2.97. The number of piperidine rings is 1. The third kappa shape index (κ3) is 3.08. The van der Waals surface area contributed by atoms with E-state index < -0.39 is 0 Å². The summed E-state index contributed by atoms with van der Waals surface area (Å²) in [7, 11) is 1.63. The number of methoxy groups -OCH3 is 1. The molecule has 1 amide bonds. The molecular weight excluding hydrogens is 266 g/mol. The molecule has 3 heterocycles. The van der Waals surface area contributed by atoms with E-state index in [1.807, 2.05) is 11.0 Å². The van der Waals surface area contributed by atoms with Gasteiger partial charge in [-0.25, -0.2) is 4.98 Å². The summed E-state index contributed by atoms with van der Waals surface area (Å²) in [6.45, 7) is 2.14. The molecule has 3 rings (SSSR count). The van der Waals surface area contributed by atoms with Crippen LogP contribution in [0.3, 0.4) is 0 Å². The van der Waals surface area contributed by atoms with Crippen LogP contribution in [0, 0.1) is 0 Å². The number of fused-ring (bicyclic) bond motifs is 1. The highest BCUT2D eigenvalue weighted by atomic mass is 16.5. The zero-order valence-corrected chi connectivity index (χ0v) is 12.3. The molecule has 0 radical (unpaired) electrons. The maximum Gasteiger partial charge on any atom is 0.224 e. The van der Waals surface area contributed by atoms with Crippen molar-refractivity contribution in [2.75, 3.05) is 26.8 Å². The number of hydrogen-bond donors (Lipinski definition) is 1. The summed E-state index contributed by atoms with van der Waals surface area (Å²) in [4.78, 5) is 21.8. The number of rotatable bonds is 4. The molecular formula is C16H21N3O2. The fourth-order valence-corrected chi connectivity index (χ4v) is 3.00. The van der Waals surface area contributed by atoms with Crippen LogP contribution in [0.15, 0.2) is 24.4 Å². The number of nitrogens with zero attached hydrogens (tertiary/aromatic N) is 2. The molecule has 5 nitrogen and oxygen atoms in total. The lowest BCUT2D eigenvalue weighted by Gasteiger charge is -2.32. The Bertz CT molecular complexity index is 590. The van der Waals surface area contributed by atoms with Crippen LogP contribution in [0.1, 0.15) is 30.9 Å². The van der Waals surface area contributed by atoms with Crippen LogP contribution in [0.2, 0.25) is 0 Å². The molecule has 0 saturated carbocycles. The van der Waals surface area contributed by atoms with Crippen molar-refractivity contribution in [3.05, 3.63) is 30.1 Å². The van der Waals surface area contributed by atoms with Gasteiger partial charge in [0, 0.05) is 43.4 Å². The third-order valence-corrected chi connectivity index (χ3v) is 4.15. The van der Waals surface area contributed by atoms with E-state index in [1.165, 1.54) is 5.69 Å². The van der Waals surface area contributed by atoms with Crippen molar-refractivity contribution in [1.29, 1.82) is 0 Å². The molecule has 0 spiro atoms. The topological polar surface area (TPSA) is 58.2 Å². The summed E-state index contributed by atoms with van der Waals surface area (Å²) in [5.74, 6) is 0.565. The highest BCUT2D eigenvalue weighted by Crippen LogP contribution is 2.28. The second-order valence-electron chi connectivity index (χ2n) is 5.59. The van der Waals surface area contributed by atoms with Gasteiger partial charge in [-0.3, -0.25) is 4.79 Å². The van der Waals surface area contributed by atoms with E-state index in [-0.39, 0.29) is 5.91 Å². The number of likely N-dealkylation sites (tertiary alicyclic amines) is 1. The number of nitrogens with one attached hydrogen (secondary N) is 1. The van der Waals surface area contributed by atoms with Crippen LogP contribution in [-0.2, 0) is 9.53 Å². The maximum absolute atomic E-state index is 12.1. The van der Waals surface area contributed by atoms with Gasteiger partial charge in [-0.05, 0) is 31.0 Å². The van der Waals surface area contributed by atoms with Crippen LogP contribution in [0.5, 0.6) is 0 Å². The summed E-state index contributed by atoms with van der Waals surface area (Å²) in [6.07, 6.45) is 4.43. The lowest BCUT2D eigenvalue weighted by Crippen LogP contribution is -2.39. The highest BCUT2D eigenvalue weighted by molar-refractivity contribution is 5.77. The van der Waals surface area contributed by atoms with E-state index in [2.05, 4.69) is 22.1 Å². The van der Waals surface area contributed by atoms with E-state index in [9.17, 15) is 4.79 Å². The Morgan fingerprint density at radius 2 is 2.48 bits per heavy atom. The number of carbonyl (C=O) groups is 1. The molecule has 1 saturated heterocycles. The van der Waals surface area contributed by atoms with Gasteiger partial charge in [-0.1, -0.05) is 0 Å². The molecule has 1 unspecified atom stereocenters. The highest BCUT2D eigenvalue weighted by Gasteiger charge is 2.25. The van der Waals surface area contributed by atoms with Crippen molar-refractivity contribution in [2.45, 2.75) is 25.2 Å². The fraction of sp³-hybridized carbons (Fsp3) is 0.500. The minimum Gasteiger partial charge on any atom is -0.384 e. The molecule has 0 bridgehead atoms. The smallest absolute Gasteiger partial charge is 0.224 e. The van der Waals surface area contributed by atoms with Gasteiger partial charge in [0.2, 0.25) is 5.91 Å². The molecule has 1 aliphatic heterocycles. The van der Waals surface area contributed by atoms with E-state index in [4.69, 9.17) is 4.74 Å². The molecule has 2 aromatic heterocycles. The molecule has 2 aromatic rings. The molecule has 0 aliphatic carbocycles. The van der Waals surface area contributed by atoms with Crippen LogP contribution < -0.4 is 0 Å². The summed E-state index contributed by atoms with van der Waals surface area (Å²) in [6, 6.07) is 6.17. The van der Waals surface area contributed by atoms with Crippen molar-refractivity contribution in [1.82, 2.24) is 14.9 Å². The zero-order chi connectivity index (χ0) is 14.7. The summed E-state index contributed by atoms with van der Waals surface area (Å²) < 4.78 is 4.99. The second kappa shape index (κ2) is 6.26. The quantitative estimate of drug-likeness (QED) is 0.938. The SMILES string of the molecule is COCCC(=O)N1CCCC(c2cc3cccnc3[nH]2)C1. The van der Waals surface area contributed by atoms with Crippen molar-refractivity contribution in [3.8, 4) is 0 Å². The third-order valence-electron chi connectivity index (χ3n) is 4.15. The number of hydrogen-bond acceptors (Lipinski definition) is 3. The normalized spacial score (nSPS) is 19.1. The van der Waals surface area contributed by atoms with Gasteiger partial charge in [0.25, 0.3) is 0 Å². The van der Waals surface area contributed by atoms with Gasteiger partial charge in [0.05, 0.1) is 13.0 Å². The predicted octanol–water partition coefficient (Wildman–Crippen LogP) is 2.31. The van der Waals surface area contributed by atoms with Crippen molar-refractivity contribution in [3.63, 3.8) is 0 Å². The molecule has 1 aliphatic rings. The first kappa shape index (κ1) is 14.1. The van der Waals surface area contributed by atoms with Gasteiger partial charge >= 0.3 is 0 Å². The molecule has 1 N–H and O–H groups in total. The minimum absolute atomic E-state index is 0.191. The molecule has 1 atom stereocenters. The molecule has 21 heavy (non-hydrogen) atoms. The number of ether oxygens (including phenoxy) is 1. The van der Waals surface area contributed by atoms with Crippen LogP contribution >= 0.6 is 0 Å². The molecule has 1 fully saturated rings. The molecule has 5 heteroatoms. The Morgan fingerprint density at radius 3 is 3.29 bits per heavy atom. The zero-order valence-electron chi connectivity index (χ0n) is 12.3. The second-order valence-corrected chi connectivity index (χ2v) is 5.59. The monoisotopic (exact) mass is 287 g/mol. The number of aromatic nitrogens is 2. The van der Waals surface area contributed by atoms with E-state index >= 15 is 0 Å². The first-order valence-electron chi connectivity index (χ1n) is 7.48. The van der Waals surface area contributed by atoms with Crippen LogP contribution in [0.4, 0.5) is 0 Å². The van der Waals surface area contributed by atoms with E-state index in [0.29, 0.717) is 18.9 Å². The fourth-order valence-electron chi connectivity index (χ4n) is 3.00. The van der Waals surface area contributed by atoms with E-state index in [0.717, 1.165) is 37.0 Å². The largest absolute Gasteiger partial charge is 0.384 e. The maximum atomic E-state index is 12.1. The Labute approximate surface area is 124 Å². The Kier molecular flexibility index (Phi) is 4.20. The lowest BCUT2D eigenvalue weighted by atomic mass is 9.94. The Balaban J connectivity index is 1.72. The number of carbonyl (C=O) groups excluding carboxylic acids is 1. The van der Waals surface area contributed by atoms with Crippen LogP contribution in [-0.4, -0.2) is 47.6 Å². The first-order valence-corrected chi connectivity index (χ1v) is 7.48. The van der Waals surface area contributed by atoms with Gasteiger partial charge in [-0.2, -0.15) is 0 Å². The first-order chi connectivity index (χ1) is 10.3. The summed E-state index contributed by atoms with van der Waals surface area (Å²) in [5.41, 5.74) is 2.11. The van der Waals surface area contributed by atoms with Crippen molar-refractivity contribution in [2.24, 2.45) is 0 Å².